The minimum Gasteiger partial charge on any atom is -0.495 e. The molecule has 1 N–H and O–H groups in total. The Kier molecular flexibility index (Phi) is 5.96. The maximum absolute atomic E-state index is 12.0. The molecule has 0 fully saturated rings. The van der Waals surface area contributed by atoms with Gasteiger partial charge in [0.15, 0.2) is 6.61 Å². The summed E-state index contributed by atoms with van der Waals surface area (Å²) in [5.74, 6) is -0.638. The molecule has 0 saturated carbocycles. The van der Waals surface area contributed by atoms with Crippen molar-refractivity contribution in [2.45, 2.75) is 6.92 Å². The summed E-state index contributed by atoms with van der Waals surface area (Å²) < 4.78 is 15.0. The largest absolute Gasteiger partial charge is 0.495 e. The van der Waals surface area contributed by atoms with Crippen molar-refractivity contribution >= 4 is 23.6 Å². The number of hydrogen-bond donors (Lipinski definition) is 1. The van der Waals surface area contributed by atoms with Gasteiger partial charge >= 0.3 is 5.97 Å². The van der Waals surface area contributed by atoms with Crippen molar-refractivity contribution in [1.82, 2.24) is 0 Å². The van der Waals surface area contributed by atoms with Crippen LogP contribution in [0.2, 0.25) is 0 Å². The predicted molar refractivity (Wildman–Crippen MR) is 89.6 cm³/mol. The Morgan fingerprint density at radius 2 is 2.16 bits per heavy atom. The molecule has 0 aliphatic rings. The first-order valence-electron chi connectivity index (χ1n) is 7.30. The van der Waals surface area contributed by atoms with E-state index in [-0.39, 0.29) is 5.57 Å². The lowest BCUT2D eigenvalue weighted by molar-refractivity contribution is -0.142. The van der Waals surface area contributed by atoms with E-state index in [1.54, 1.807) is 30.3 Å². The van der Waals surface area contributed by atoms with Crippen molar-refractivity contribution in [1.29, 1.82) is 5.26 Å². The summed E-state index contributed by atoms with van der Waals surface area (Å²) in [6.07, 6.45) is 2.65. The monoisotopic (exact) mass is 340 g/mol. The summed E-state index contributed by atoms with van der Waals surface area (Å²) in [5, 5.41) is 11.6. The fraction of sp³-hybridized carbons (Fsp3) is 0.167. The fourth-order valence-electron chi connectivity index (χ4n) is 1.97. The molecule has 2 rings (SSSR count). The number of esters is 1. The lowest BCUT2D eigenvalue weighted by Crippen LogP contribution is -2.21. The molecule has 0 bridgehead atoms. The first-order valence-corrected chi connectivity index (χ1v) is 7.30. The number of amides is 1. The number of rotatable bonds is 6. The molecule has 0 saturated heterocycles. The Balaban J connectivity index is 1.97. The van der Waals surface area contributed by atoms with Crippen LogP contribution in [0.15, 0.2) is 46.6 Å². The van der Waals surface area contributed by atoms with E-state index in [4.69, 9.17) is 19.2 Å². The van der Waals surface area contributed by atoms with Crippen molar-refractivity contribution in [2.75, 3.05) is 19.0 Å². The molecule has 1 aromatic carbocycles. The third-order valence-corrected chi connectivity index (χ3v) is 3.13. The normalized spacial score (nSPS) is 10.7. The molecule has 1 aromatic heterocycles. The lowest BCUT2D eigenvalue weighted by Gasteiger charge is -2.11. The third kappa shape index (κ3) is 4.97. The number of carbonyl (C=O) groups excluding carboxylic acids is 2. The van der Waals surface area contributed by atoms with E-state index >= 15 is 0 Å². The van der Waals surface area contributed by atoms with E-state index < -0.39 is 18.5 Å². The van der Waals surface area contributed by atoms with Crippen LogP contribution in [-0.2, 0) is 14.3 Å². The third-order valence-electron chi connectivity index (χ3n) is 3.13. The number of ether oxygens (including phenoxy) is 2. The quantitative estimate of drug-likeness (QED) is 0.493. The molecular formula is C18H16N2O5. The Morgan fingerprint density at radius 1 is 1.36 bits per heavy atom. The minimum absolute atomic E-state index is 0.268. The van der Waals surface area contributed by atoms with Crippen molar-refractivity contribution in [3.05, 3.63) is 53.5 Å². The zero-order valence-corrected chi connectivity index (χ0v) is 13.7. The molecule has 7 nitrogen and oxygen atoms in total. The summed E-state index contributed by atoms with van der Waals surface area (Å²) in [6.45, 7) is 1.33. The van der Waals surface area contributed by atoms with Crippen molar-refractivity contribution in [3.63, 3.8) is 0 Å². The van der Waals surface area contributed by atoms with Gasteiger partial charge in [-0.05, 0) is 36.8 Å². The average molecular weight is 340 g/mol. The van der Waals surface area contributed by atoms with Gasteiger partial charge in [-0.25, -0.2) is 4.79 Å². The second kappa shape index (κ2) is 8.36. The number of anilines is 1. The fourth-order valence-corrected chi connectivity index (χ4v) is 1.97. The Morgan fingerprint density at radius 3 is 2.80 bits per heavy atom. The number of methoxy groups -OCH3 is 1. The number of furan rings is 1. The molecule has 0 aliphatic carbocycles. The number of aryl methyl sites for hydroxylation is 1. The maximum Gasteiger partial charge on any atom is 0.349 e. The summed E-state index contributed by atoms with van der Waals surface area (Å²) in [4.78, 5) is 23.8. The average Bonchev–Trinajstić information content (AvgIpc) is 3.11. The highest BCUT2D eigenvalue weighted by Gasteiger charge is 2.15. The zero-order chi connectivity index (χ0) is 18.2. The first-order chi connectivity index (χ1) is 12.0. The van der Waals surface area contributed by atoms with Gasteiger partial charge in [0.05, 0.1) is 19.1 Å². The van der Waals surface area contributed by atoms with E-state index in [0.29, 0.717) is 17.2 Å². The summed E-state index contributed by atoms with van der Waals surface area (Å²) in [7, 11) is 1.49. The van der Waals surface area contributed by atoms with Crippen LogP contribution in [0.1, 0.15) is 11.3 Å². The van der Waals surface area contributed by atoms with Crippen LogP contribution in [0, 0.1) is 18.3 Å². The second-order valence-corrected chi connectivity index (χ2v) is 5.01. The predicted octanol–water partition coefficient (Wildman–Crippen LogP) is 2.69. The van der Waals surface area contributed by atoms with Gasteiger partial charge in [-0.2, -0.15) is 5.26 Å². The van der Waals surface area contributed by atoms with Gasteiger partial charge in [-0.3, -0.25) is 4.79 Å². The number of nitriles is 1. The van der Waals surface area contributed by atoms with Crippen LogP contribution < -0.4 is 10.1 Å². The molecule has 128 valence electrons. The summed E-state index contributed by atoms with van der Waals surface area (Å²) in [6, 6.07) is 10.2. The van der Waals surface area contributed by atoms with Crippen LogP contribution in [0.25, 0.3) is 6.08 Å². The summed E-state index contributed by atoms with van der Waals surface area (Å²) in [5.41, 5.74) is 1.13. The minimum atomic E-state index is -0.912. The molecular weight excluding hydrogens is 324 g/mol. The second-order valence-electron chi connectivity index (χ2n) is 5.01. The van der Waals surface area contributed by atoms with E-state index in [2.05, 4.69) is 5.32 Å². The lowest BCUT2D eigenvalue weighted by atomic mass is 10.2. The highest BCUT2D eigenvalue weighted by molar-refractivity contribution is 6.00. The standard InChI is InChI=1S/C18H16N2O5/c1-12-5-6-16(23-2)15(8-12)20-17(21)11-25-18(22)13(10-19)9-14-4-3-7-24-14/h3-9H,11H2,1-2H3,(H,20,21). The maximum atomic E-state index is 12.0. The Hall–Kier alpha value is -3.53. The molecule has 0 atom stereocenters. The van der Waals surface area contributed by atoms with Gasteiger partial charge in [-0.15, -0.1) is 0 Å². The molecule has 0 unspecified atom stereocenters. The molecule has 2 aromatic rings. The smallest absolute Gasteiger partial charge is 0.349 e. The molecule has 1 heterocycles. The summed E-state index contributed by atoms with van der Waals surface area (Å²) >= 11 is 0. The number of nitrogens with zero attached hydrogens (tertiary/aromatic N) is 1. The van der Waals surface area contributed by atoms with Gasteiger partial charge in [0, 0.05) is 6.08 Å². The SMILES string of the molecule is COc1ccc(C)cc1NC(=O)COC(=O)C(C#N)=Cc1ccco1. The van der Waals surface area contributed by atoms with Crippen LogP contribution in [-0.4, -0.2) is 25.6 Å². The zero-order valence-electron chi connectivity index (χ0n) is 13.7. The van der Waals surface area contributed by atoms with Crippen LogP contribution >= 0.6 is 0 Å². The highest BCUT2D eigenvalue weighted by Crippen LogP contribution is 2.25. The van der Waals surface area contributed by atoms with Gasteiger partial charge in [0.25, 0.3) is 5.91 Å². The van der Waals surface area contributed by atoms with Crippen molar-refractivity contribution in [3.8, 4) is 11.8 Å². The number of benzene rings is 1. The Bertz CT molecular complexity index is 832. The van der Waals surface area contributed by atoms with Crippen molar-refractivity contribution < 1.29 is 23.5 Å². The van der Waals surface area contributed by atoms with Gasteiger partial charge in [-0.1, -0.05) is 6.07 Å². The first kappa shape index (κ1) is 17.8. The van der Waals surface area contributed by atoms with E-state index in [1.165, 1.54) is 19.4 Å². The van der Waals surface area contributed by atoms with E-state index in [9.17, 15) is 9.59 Å². The van der Waals surface area contributed by atoms with Gasteiger partial charge in [0.1, 0.15) is 23.2 Å². The van der Waals surface area contributed by atoms with Crippen LogP contribution in [0.3, 0.4) is 0 Å². The van der Waals surface area contributed by atoms with Crippen LogP contribution in [0.4, 0.5) is 5.69 Å². The molecule has 0 radical (unpaired) electrons. The number of carbonyl (C=O) groups is 2. The van der Waals surface area contributed by atoms with Crippen molar-refractivity contribution in [2.24, 2.45) is 0 Å². The van der Waals surface area contributed by atoms with E-state index in [1.807, 2.05) is 13.0 Å². The molecule has 7 heteroatoms. The molecule has 0 spiro atoms. The number of hydrogen-bond acceptors (Lipinski definition) is 6. The molecule has 0 aliphatic heterocycles. The molecule has 1 amide bonds. The number of nitrogens with one attached hydrogen (secondary N) is 1. The van der Waals surface area contributed by atoms with E-state index in [0.717, 1.165) is 5.56 Å². The molecule has 25 heavy (non-hydrogen) atoms. The topological polar surface area (TPSA) is 102 Å². The highest BCUT2D eigenvalue weighted by atomic mass is 16.5. The Labute approximate surface area is 144 Å². The van der Waals surface area contributed by atoms with Gasteiger partial charge < -0.3 is 19.2 Å². The van der Waals surface area contributed by atoms with Crippen LogP contribution in [0.5, 0.6) is 5.75 Å². The van der Waals surface area contributed by atoms with Gasteiger partial charge in [0.2, 0.25) is 0 Å².